The summed E-state index contributed by atoms with van der Waals surface area (Å²) in [6.45, 7) is 13.0. The van der Waals surface area contributed by atoms with Crippen LogP contribution < -0.4 is 24.0 Å². The number of halogens is 1. The number of anilines is 2. The summed E-state index contributed by atoms with van der Waals surface area (Å²) in [7, 11) is -3.42. The van der Waals surface area contributed by atoms with Crippen LogP contribution in [0, 0.1) is 29.6 Å². The van der Waals surface area contributed by atoms with Crippen molar-refractivity contribution >= 4 is 34.4 Å². The third kappa shape index (κ3) is 26.3. The fourth-order valence-electron chi connectivity index (χ4n) is 13.4. The minimum Gasteiger partial charge on any atom is -0.508 e. The van der Waals surface area contributed by atoms with Crippen molar-refractivity contribution in [2.45, 2.75) is 200 Å². The Bertz CT molecular complexity index is 2910. The summed E-state index contributed by atoms with van der Waals surface area (Å²) in [6.07, 6.45) is 43.7. The molecule has 0 spiro atoms. The van der Waals surface area contributed by atoms with Gasteiger partial charge in [-0.3, -0.25) is 0 Å². The van der Waals surface area contributed by atoms with Gasteiger partial charge < -0.3 is 34.2 Å². The minimum atomic E-state index is -3.42. The molecule has 12 rings (SSSR count). The Morgan fingerprint density at radius 1 is 0.444 bits per heavy atom. The first-order valence-electron chi connectivity index (χ1n) is 34.4. The molecule has 0 bridgehead atoms. The highest BCUT2D eigenvalue weighted by molar-refractivity contribution is 7.86. The average molecular weight is 1270 g/mol. The molecule has 492 valence electrons. The van der Waals surface area contributed by atoms with Crippen molar-refractivity contribution in [3.8, 4) is 23.0 Å². The molecule has 5 heterocycles. The monoisotopic (exact) mass is 1270 g/mol. The highest BCUT2D eigenvalue weighted by Gasteiger charge is 2.24. The topological polar surface area (TPSA) is 163 Å². The molecule has 6 fully saturated rings. The number of ether oxygens (including phenoxy) is 1. The van der Waals surface area contributed by atoms with Gasteiger partial charge in [0.25, 0.3) is 0 Å². The normalized spacial score (nSPS) is 18.1. The third-order valence-corrected chi connectivity index (χ3v) is 19.5. The number of nitrogens with one attached hydrogen (secondary N) is 1. The molecule has 2 aromatic heterocycles. The number of aromatic hydroxyl groups is 2. The minimum absolute atomic E-state index is 0. The molecule has 4 aromatic carbocycles. The van der Waals surface area contributed by atoms with Gasteiger partial charge in [-0.05, 0) is 189 Å². The van der Waals surface area contributed by atoms with Crippen molar-refractivity contribution in [3.05, 3.63) is 155 Å². The molecule has 3 saturated carbocycles. The van der Waals surface area contributed by atoms with Crippen LogP contribution in [0.25, 0.3) is 0 Å². The summed E-state index contributed by atoms with van der Waals surface area (Å²) < 4.78 is 33.0. The van der Waals surface area contributed by atoms with Gasteiger partial charge >= 0.3 is 10.1 Å². The van der Waals surface area contributed by atoms with Gasteiger partial charge in [-0.15, -0.1) is 12.4 Å². The summed E-state index contributed by atoms with van der Waals surface area (Å²) in [5.41, 5.74) is 7.84. The molecule has 15 heteroatoms. The number of phenolic OH excluding ortho intramolecular Hbond substituents is 2. The molecule has 6 aromatic rings. The lowest BCUT2D eigenvalue weighted by atomic mass is 9.85. The average Bonchev–Trinajstić information content (AvgIpc) is 2.60. The van der Waals surface area contributed by atoms with Crippen LogP contribution >= 0.6 is 12.4 Å². The van der Waals surface area contributed by atoms with Crippen molar-refractivity contribution in [2.24, 2.45) is 29.6 Å². The lowest BCUT2D eigenvalue weighted by molar-refractivity contribution is 0.170. The zero-order chi connectivity index (χ0) is 62.5. The fraction of sp³-hybridized carbons (Fsp3) is 0.573. The van der Waals surface area contributed by atoms with Crippen LogP contribution in [0.2, 0.25) is 0 Å². The van der Waals surface area contributed by atoms with Gasteiger partial charge in [0, 0.05) is 63.8 Å². The number of hydrogen-bond acceptors (Lipinski definition) is 13. The molecule has 3 saturated heterocycles. The molecule has 0 radical (unpaired) electrons. The maximum absolute atomic E-state index is 11.0. The Labute approximate surface area is 547 Å². The highest BCUT2D eigenvalue weighted by atomic mass is 35.5. The summed E-state index contributed by atoms with van der Waals surface area (Å²) in [6, 6.07) is 31.5. The first-order valence-corrected chi connectivity index (χ1v) is 36.2. The van der Waals surface area contributed by atoms with Gasteiger partial charge in [0.15, 0.2) is 0 Å². The summed E-state index contributed by atoms with van der Waals surface area (Å²) in [5.74, 6) is 8.13. The highest BCUT2D eigenvalue weighted by Crippen LogP contribution is 2.31. The number of piperidine rings is 3. The summed E-state index contributed by atoms with van der Waals surface area (Å²) in [4.78, 5) is 22.4. The van der Waals surface area contributed by atoms with E-state index < -0.39 is 10.1 Å². The standard InChI is InChI=1S/C24H33N3O.C14H20O3S.C13H18O.C12H19N3.C12H17NO.ClH/c1-2-19-17-25-24(26-18-19)27-14-12-23(13-15-27)28-22-10-8-21(9-11-22)16-20-6-4-3-5-7-20;1-18(15,16)17-14-9-7-13(8-10-14)11-12-5-3-2-4-6-12;14-13-8-6-12(7-9-13)10-11-4-2-1-3-5-11;1-3-11-8-13-12(14-9-11)15-6-4-10(2)5-7-15;14-12-3-1-10(2-4-12)9-11-5-7-13-8-6-11;/h8-11,17-18,20,23H,2-7,12-16H2,1H3;7-10,12H,2-6,11H2,1H3;6-9,11,14H,1-5,10H2;8-10H,3-7H2,1-2H3;1-4,11,13-14H,5-9H2;1H. The SMILES string of the molecule is CCc1cnc(N2CCC(C)CC2)nc1.CCc1cnc(N2CCC(Oc3ccc(CC4CCCCC4)cc3)CC2)nc1.CS(=O)(=O)Oc1ccc(CC2CCCCC2)cc1.Cl.Oc1ccc(CC2CCCCC2)cc1.Oc1ccc(CC2CCNCC2)cc1. The predicted molar refractivity (Wildman–Crippen MR) is 371 cm³/mol. The lowest BCUT2D eigenvalue weighted by Gasteiger charge is -2.32. The molecule has 0 unspecified atom stereocenters. The van der Waals surface area contributed by atoms with Gasteiger partial charge in [0.1, 0.15) is 29.1 Å². The molecule has 3 aliphatic carbocycles. The van der Waals surface area contributed by atoms with Gasteiger partial charge in [-0.1, -0.05) is 166 Å². The molecular formula is C75H108ClN7O6S. The lowest BCUT2D eigenvalue weighted by Crippen LogP contribution is -2.39. The van der Waals surface area contributed by atoms with Crippen LogP contribution in [0.3, 0.4) is 0 Å². The van der Waals surface area contributed by atoms with Gasteiger partial charge in [-0.2, -0.15) is 8.42 Å². The van der Waals surface area contributed by atoms with E-state index in [1.807, 2.05) is 61.2 Å². The second-order valence-corrected chi connectivity index (χ2v) is 28.0. The van der Waals surface area contributed by atoms with Gasteiger partial charge in [-0.25, -0.2) is 19.9 Å². The Morgan fingerprint density at radius 2 is 0.767 bits per heavy atom. The number of hydrogen-bond donors (Lipinski definition) is 3. The molecule has 3 aliphatic heterocycles. The van der Waals surface area contributed by atoms with E-state index in [0.717, 1.165) is 131 Å². The van der Waals surface area contributed by atoms with E-state index in [1.54, 1.807) is 36.4 Å². The maximum atomic E-state index is 11.0. The van der Waals surface area contributed by atoms with Crippen LogP contribution in [-0.2, 0) is 48.6 Å². The number of aryl methyl sites for hydroxylation is 2. The molecule has 0 atom stereocenters. The second kappa shape index (κ2) is 38.8. The van der Waals surface area contributed by atoms with E-state index in [2.05, 4.69) is 80.1 Å². The van der Waals surface area contributed by atoms with Crippen molar-refractivity contribution in [1.29, 1.82) is 0 Å². The Balaban J connectivity index is 0.000000165. The van der Waals surface area contributed by atoms with E-state index in [-0.39, 0.29) is 18.5 Å². The van der Waals surface area contributed by atoms with Crippen molar-refractivity contribution in [1.82, 2.24) is 25.3 Å². The van der Waals surface area contributed by atoms with E-state index in [1.165, 1.54) is 168 Å². The number of benzene rings is 4. The molecule has 13 nitrogen and oxygen atoms in total. The first kappa shape index (κ1) is 71.5. The predicted octanol–water partition coefficient (Wildman–Crippen LogP) is 16.5. The largest absolute Gasteiger partial charge is 0.508 e. The molecule has 6 aliphatic rings. The second-order valence-electron chi connectivity index (χ2n) is 26.4. The van der Waals surface area contributed by atoms with Crippen LogP contribution in [-0.4, -0.2) is 90.2 Å². The van der Waals surface area contributed by atoms with Crippen LogP contribution in [0.15, 0.2) is 122 Å². The van der Waals surface area contributed by atoms with Crippen molar-refractivity contribution < 1.29 is 27.6 Å². The zero-order valence-electron chi connectivity index (χ0n) is 54.9. The first-order chi connectivity index (χ1) is 43.3. The fourth-order valence-corrected chi connectivity index (χ4v) is 13.8. The number of aromatic nitrogens is 4. The molecule has 0 amide bonds. The van der Waals surface area contributed by atoms with E-state index in [9.17, 15) is 8.42 Å². The van der Waals surface area contributed by atoms with E-state index in [4.69, 9.17) is 19.1 Å². The number of rotatable bonds is 16. The van der Waals surface area contributed by atoms with Crippen molar-refractivity contribution in [2.75, 3.05) is 55.3 Å². The van der Waals surface area contributed by atoms with Crippen LogP contribution in [0.5, 0.6) is 23.0 Å². The molecular weight excluding hydrogens is 1160 g/mol. The Kier molecular flexibility index (Phi) is 30.8. The Hall–Kier alpha value is -5.96. The molecule has 3 N–H and O–H groups in total. The van der Waals surface area contributed by atoms with Crippen molar-refractivity contribution in [3.63, 3.8) is 0 Å². The summed E-state index contributed by atoms with van der Waals surface area (Å²) >= 11 is 0. The Morgan fingerprint density at radius 3 is 1.11 bits per heavy atom. The maximum Gasteiger partial charge on any atom is 0.306 e. The van der Waals surface area contributed by atoms with Crippen LogP contribution in [0.4, 0.5) is 11.9 Å². The number of nitrogens with zero attached hydrogens (tertiary/aromatic N) is 6. The van der Waals surface area contributed by atoms with Crippen LogP contribution in [0.1, 0.15) is 189 Å². The smallest absolute Gasteiger partial charge is 0.306 e. The van der Waals surface area contributed by atoms with Gasteiger partial charge in [0.05, 0.1) is 6.26 Å². The number of phenols is 2. The van der Waals surface area contributed by atoms with Gasteiger partial charge in [0.2, 0.25) is 11.9 Å². The van der Waals surface area contributed by atoms with E-state index >= 15 is 0 Å². The van der Waals surface area contributed by atoms with E-state index in [0.29, 0.717) is 17.2 Å². The third-order valence-electron chi connectivity index (χ3n) is 19.0. The quantitative estimate of drug-likeness (QED) is 0.0786. The summed E-state index contributed by atoms with van der Waals surface area (Å²) in [5, 5.41) is 21.7. The molecule has 90 heavy (non-hydrogen) atoms. The zero-order valence-corrected chi connectivity index (χ0v) is 56.5.